The first-order chi connectivity index (χ1) is 6.72. The third kappa shape index (κ3) is 1.56. The average Bonchev–Trinajstić information content (AvgIpc) is 2.49. The van der Waals surface area contributed by atoms with E-state index in [-0.39, 0.29) is 11.9 Å². The van der Waals surface area contributed by atoms with Gasteiger partial charge in [-0.3, -0.25) is 0 Å². The van der Waals surface area contributed by atoms with Crippen LogP contribution in [0.5, 0.6) is 0 Å². The van der Waals surface area contributed by atoms with Gasteiger partial charge in [0.05, 0.1) is 12.1 Å². The molecule has 1 N–H and O–H groups in total. The van der Waals surface area contributed by atoms with Crippen LogP contribution in [0.25, 0.3) is 11.0 Å². The number of aliphatic hydroxyl groups is 1. The van der Waals surface area contributed by atoms with Gasteiger partial charge in [-0.25, -0.2) is 9.97 Å². The molecular formula is C8H7Cl2N3O. The maximum Gasteiger partial charge on any atom is 0.224 e. The molecule has 2 aromatic rings. The van der Waals surface area contributed by atoms with Crippen LogP contribution in [0.1, 0.15) is 0 Å². The molecule has 0 unspecified atom stereocenters. The average molecular weight is 232 g/mol. The summed E-state index contributed by atoms with van der Waals surface area (Å²) in [6.45, 7) is 0.511. The molecule has 0 amide bonds. The van der Waals surface area contributed by atoms with E-state index in [4.69, 9.17) is 28.3 Å². The van der Waals surface area contributed by atoms with Gasteiger partial charge in [0.2, 0.25) is 5.28 Å². The van der Waals surface area contributed by atoms with Gasteiger partial charge in [-0.1, -0.05) is 11.6 Å². The number of halogens is 2. The van der Waals surface area contributed by atoms with Crippen LogP contribution in [0.15, 0.2) is 12.3 Å². The maximum atomic E-state index is 8.81. The minimum absolute atomic E-state index is 0.0444. The van der Waals surface area contributed by atoms with Gasteiger partial charge in [0.15, 0.2) is 5.15 Å². The number of hydrogen-bond acceptors (Lipinski definition) is 3. The second-order valence-corrected chi connectivity index (χ2v) is 3.45. The Morgan fingerprint density at radius 1 is 1.36 bits per heavy atom. The molecule has 0 aromatic carbocycles. The van der Waals surface area contributed by atoms with E-state index in [9.17, 15) is 0 Å². The molecule has 0 aliphatic rings. The summed E-state index contributed by atoms with van der Waals surface area (Å²) < 4.78 is 1.79. The van der Waals surface area contributed by atoms with Gasteiger partial charge in [0, 0.05) is 12.7 Å². The van der Waals surface area contributed by atoms with Crippen LogP contribution in [0.3, 0.4) is 0 Å². The number of rotatable bonds is 2. The van der Waals surface area contributed by atoms with Crippen LogP contribution >= 0.6 is 23.2 Å². The van der Waals surface area contributed by atoms with Crippen molar-refractivity contribution in [1.29, 1.82) is 0 Å². The van der Waals surface area contributed by atoms with Crippen molar-refractivity contribution in [2.45, 2.75) is 6.54 Å². The topological polar surface area (TPSA) is 50.9 Å². The second kappa shape index (κ2) is 3.73. The highest BCUT2D eigenvalue weighted by molar-refractivity contribution is 6.35. The van der Waals surface area contributed by atoms with Crippen molar-refractivity contribution in [1.82, 2.24) is 14.5 Å². The second-order valence-electron chi connectivity index (χ2n) is 2.75. The quantitative estimate of drug-likeness (QED) is 0.633. The van der Waals surface area contributed by atoms with Crippen LogP contribution in [-0.2, 0) is 6.54 Å². The summed E-state index contributed by atoms with van der Waals surface area (Å²) in [6.07, 6.45) is 1.79. The summed E-state index contributed by atoms with van der Waals surface area (Å²) in [6, 6.07) is 1.78. The van der Waals surface area contributed by atoms with Gasteiger partial charge in [-0.15, -0.1) is 0 Å². The van der Waals surface area contributed by atoms with E-state index in [1.165, 1.54) is 0 Å². The van der Waals surface area contributed by atoms with E-state index < -0.39 is 0 Å². The molecule has 0 spiro atoms. The number of nitrogens with zero attached hydrogens (tertiary/aromatic N) is 3. The molecule has 0 aliphatic heterocycles. The molecule has 0 fully saturated rings. The lowest BCUT2D eigenvalue weighted by molar-refractivity contribution is 0.278. The molecule has 0 saturated heterocycles. The first-order valence-electron chi connectivity index (χ1n) is 4.01. The molecular weight excluding hydrogens is 225 g/mol. The highest BCUT2D eigenvalue weighted by atomic mass is 35.5. The lowest BCUT2D eigenvalue weighted by Gasteiger charge is -2.02. The Morgan fingerprint density at radius 2 is 2.14 bits per heavy atom. The first kappa shape index (κ1) is 9.71. The predicted molar refractivity (Wildman–Crippen MR) is 54.6 cm³/mol. The minimum Gasteiger partial charge on any atom is -0.395 e. The third-order valence-electron chi connectivity index (χ3n) is 1.88. The van der Waals surface area contributed by atoms with E-state index in [0.29, 0.717) is 22.7 Å². The van der Waals surface area contributed by atoms with Crippen molar-refractivity contribution in [2.24, 2.45) is 0 Å². The molecule has 0 aliphatic carbocycles. The fraction of sp³-hybridized carbons (Fsp3) is 0.250. The summed E-state index contributed by atoms with van der Waals surface area (Å²) in [5.74, 6) is 0. The minimum atomic E-state index is 0.0444. The number of aromatic nitrogens is 3. The van der Waals surface area contributed by atoms with Gasteiger partial charge in [0.1, 0.15) is 5.52 Å². The fourth-order valence-electron chi connectivity index (χ4n) is 1.33. The lowest BCUT2D eigenvalue weighted by Crippen LogP contribution is -2.01. The van der Waals surface area contributed by atoms with Crippen molar-refractivity contribution >= 4 is 34.2 Å². The number of hydrogen-bond donors (Lipinski definition) is 1. The van der Waals surface area contributed by atoms with Crippen LogP contribution < -0.4 is 0 Å². The molecule has 6 heteroatoms. The van der Waals surface area contributed by atoms with Gasteiger partial charge in [0.25, 0.3) is 0 Å². The zero-order chi connectivity index (χ0) is 10.1. The van der Waals surface area contributed by atoms with E-state index >= 15 is 0 Å². The molecule has 74 valence electrons. The molecule has 14 heavy (non-hydrogen) atoms. The van der Waals surface area contributed by atoms with E-state index in [1.807, 2.05) is 0 Å². The van der Waals surface area contributed by atoms with Crippen molar-refractivity contribution in [2.75, 3.05) is 6.61 Å². The largest absolute Gasteiger partial charge is 0.395 e. The fourth-order valence-corrected chi connectivity index (χ4v) is 1.83. The van der Waals surface area contributed by atoms with E-state index in [0.717, 1.165) is 0 Å². The molecule has 0 bridgehead atoms. The van der Waals surface area contributed by atoms with Crippen LogP contribution in [-0.4, -0.2) is 26.2 Å². The highest BCUT2D eigenvalue weighted by Gasteiger charge is 2.08. The number of aliphatic hydroxyl groups excluding tert-OH is 1. The maximum absolute atomic E-state index is 8.81. The Bertz CT molecular complexity index is 469. The summed E-state index contributed by atoms with van der Waals surface area (Å²) in [4.78, 5) is 7.84. The Balaban J connectivity index is 2.66. The first-order valence-corrected chi connectivity index (χ1v) is 4.76. The Hall–Kier alpha value is -0.840. The monoisotopic (exact) mass is 231 g/mol. The van der Waals surface area contributed by atoms with E-state index in [2.05, 4.69) is 9.97 Å². The van der Waals surface area contributed by atoms with Crippen molar-refractivity contribution in [3.63, 3.8) is 0 Å². The van der Waals surface area contributed by atoms with Crippen molar-refractivity contribution in [3.05, 3.63) is 22.7 Å². The Labute approximate surface area is 90.1 Å². The summed E-state index contributed by atoms with van der Waals surface area (Å²) in [5, 5.41) is 9.25. The molecule has 2 rings (SSSR count). The normalized spacial score (nSPS) is 11.1. The summed E-state index contributed by atoms with van der Waals surface area (Å²) in [7, 11) is 0. The Kier molecular flexibility index (Phi) is 2.58. The van der Waals surface area contributed by atoms with Crippen LogP contribution in [0.4, 0.5) is 0 Å². The van der Waals surface area contributed by atoms with Gasteiger partial charge in [-0.05, 0) is 17.7 Å². The lowest BCUT2D eigenvalue weighted by atomic mass is 10.4. The SMILES string of the molecule is OCCn1ccc2nc(Cl)nc(Cl)c21. The van der Waals surface area contributed by atoms with E-state index in [1.54, 1.807) is 16.8 Å². The van der Waals surface area contributed by atoms with Gasteiger partial charge >= 0.3 is 0 Å². The zero-order valence-corrected chi connectivity index (χ0v) is 8.63. The predicted octanol–water partition coefficient (Wildman–Crippen LogP) is 1.73. The standard InChI is InChI=1S/C8H7Cl2N3O/c9-7-6-5(11-8(10)12-7)1-2-13(6)3-4-14/h1-2,14H,3-4H2. The number of fused-ring (bicyclic) bond motifs is 1. The molecule has 2 aromatic heterocycles. The molecule has 0 radical (unpaired) electrons. The van der Waals surface area contributed by atoms with Gasteiger partial charge < -0.3 is 9.67 Å². The van der Waals surface area contributed by atoms with Crippen LogP contribution in [0.2, 0.25) is 10.4 Å². The molecule has 2 heterocycles. The highest BCUT2D eigenvalue weighted by Crippen LogP contribution is 2.22. The Morgan fingerprint density at radius 3 is 2.86 bits per heavy atom. The zero-order valence-electron chi connectivity index (χ0n) is 7.11. The van der Waals surface area contributed by atoms with Crippen LogP contribution in [0, 0.1) is 0 Å². The molecule has 0 atom stereocenters. The van der Waals surface area contributed by atoms with Crippen molar-refractivity contribution in [3.8, 4) is 0 Å². The van der Waals surface area contributed by atoms with Crippen molar-refractivity contribution < 1.29 is 5.11 Å². The van der Waals surface area contributed by atoms with Gasteiger partial charge in [-0.2, -0.15) is 0 Å². The summed E-state index contributed by atoms with van der Waals surface area (Å²) in [5.41, 5.74) is 1.38. The smallest absolute Gasteiger partial charge is 0.224 e. The molecule has 0 saturated carbocycles. The third-order valence-corrected chi connectivity index (χ3v) is 2.31. The molecule has 4 nitrogen and oxygen atoms in total. The summed E-state index contributed by atoms with van der Waals surface area (Å²) >= 11 is 11.6.